The van der Waals surface area contributed by atoms with Crippen LogP contribution in [-0.4, -0.2) is 34.2 Å². The Labute approximate surface area is 101 Å². The van der Waals surface area contributed by atoms with E-state index < -0.39 is 23.4 Å². The van der Waals surface area contributed by atoms with E-state index in [1.807, 2.05) is 6.92 Å². The quantitative estimate of drug-likeness (QED) is 0.665. The Morgan fingerprint density at radius 3 is 2.47 bits per heavy atom. The number of hydrogen-bond acceptors (Lipinski definition) is 3. The highest BCUT2D eigenvalue weighted by Gasteiger charge is 2.38. The Morgan fingerprint density at radius 2 is 1.94 bits per heavy atom. The fourth-order valence-corrected chi connectivity index (χ4v) is 2.10. The van der Waals surface area contributed by atoms with Crippen molar-refractivity contribution in [3.05, 3.63) is 0 Å². The third kappa shape index (κ3) is 3.70. The summed E-state index contributed by atoms with van der Waals surface area (Å²) < 4.78 is 0. The lowest BCUT2D eigenvalue weighted by Gasteiger charge is -2.23. The van der Waals surface area contributed by atoms with Crippen LogP contribution < -0.4 is 5.32 Å². The van der Waals surface area contributed by atoms with Crippen molar-refractivity contribution in [3.63, 3.8) is 0 Å². The average molecular weight is 243 g/mol. The molecule has 1 amide bonds. The Hall–Kier alpha value is -1.10. The minimum atomic E-state index is -0.924. The molecule has 3 N–H and O–H groups in total. The van der Waals surface area contributed by atoms with Crippen LogP contribution in [0.4, 0.5) is 0 Å². The number of nitrogens with one attached hydrogen (secondary N) is 1. The zero-order chi connectivity index (χ0) is 13.1. The second-order valence-electron chi connectivity index (χ2n) is 5.05. The predicted molar refractivity (Wildman–Crippen MR) is 62.4 cm³/mol. The van der Waals surface area contributed by atoms with Gasteiger partial charge in [-0.3, -0.25) is 9.59 Å². The number of rotatable bonds is 5. The van der Waals surface area contributed by atoms with Crippen LogP contribution in [0.3, 0.4) is 0 Å². The van der Waals surface area contributed by atoms with Crippen LogP contribution in [0.2, 0.25) is 0 Å². The molecule has 0 aliphatic heterocycles. The monoisotopic (exact) mass is 243 g/mol. The lowest BCUT2D eigenvalue weighted by molar-refractivity contribution is -0.146. The fourth-order valence-electron chi connectivity index (χ4n) is 2.10. The maximum atomic E-state index is 11.8. The predicted octanol–water partition coefficient (Wildman–Crippen LogP) is 0.764. The number of carbonyl (C=O) groups excluding carboxylic acids is 1. The van der Waals surface area contributed by atoms with E-state index >= 15 is 0 Å². The minimum absolute atomic E-state index is 0.172. The number of carboxylic acids is 1. The summed E-state index contributed by atoms with van der Waals surface area (Å²) in [4.78, 5) is 22.8. The van der Waals surface area contributed by atoms with Crippen molar-refractivity contribution in [2.75, 3.05) is 6.54 Å². The molecule has 3 atom stereocenters. The molecule has 1 rings (SSSR count). The largest absolute Gasteiger partial charge is 0.481 e. The molecule has 3 unspecified atom stereocenters. The first-order chi connectivity index (χ1) is 7.87. The van der Waals surface area contributed by atoms with Gasteiger partial charge in [-0.05, 0) is 26.2 Å². The summed E-state index contributed by atoms with van der Waals surface area (Å²) in [5.74, 6) is -2.16. The van der Waals surface area contributed by atoms with Gasteiger partial charge in [0.05, 0.1) is 17.4 Å². The molecular weight excluding hydrogens is 222 g/mol. The van der Waals surface area contributed by atoms with Crippen LogP contribution in [0.1, 0.15) is 39.5 Å². The normalized spacial score (nSPS) is 27.5. The molecule has 0 radical (unpaired) electrons. The molecule has 0 aromatic heterocycles. The van der Waals surface area contributed by atoms with Gasteiger partial charge in [-0.15, -0.1) is 0 Å². The van der Waals surface area contributed by atoms with Crippen molar-refractivity contribution in [3.8, 4) is 0 Å². The maximum absolute atomic E-state index is 11.8. The van der Waals surface area contributed by atoms with E-state index in [1.165, 1.54) is 0 Å². The highest BCUT2D eigenvalue weighted by molar-refractivity contribution is 5.85. The van der Waals surface area contributed by atoms with E-state index in [9.17, 15) is 14.7 Å². The third-order valence-corrected chi connectivity index (χ3v) is 3.58. The molecule has 0 bridgehead atoms. The van der Waals surface area contributed by atoms with Crippen molar-refractivity contribution in [1.29, 1.82) is 0 Å². The summed E-state index contributed by atoms with van der Waals surface area (Å²) in [5.41, 5.74) is -0.924. The van der Waals surface area contributed by atoms with Gasteiger partial charge in [0.2, 0.25) is 5.91 Å². The smallest absolute Gasteiger partial charge is 0.307 e. The minimum Gasteiger partial charge on any atom is -0.481 e. The number of carboxylic acid groups (broad SMARTS) is 1. The van der Waals surface area contributed by atoms with Gasteiger partial charge in [-0.25, -0.2) is 0 Å². The Morgan fingerprint density at radius 1 is 1.35 bits per heavy atom. The Balaban J connectivity index is 2.50. The van der Waals surface area contributed by atoms with Crippen LogP contribution in [0.5, 0.6) is 0 Å². The highest BCUT2D eigenvalue weighted by Crippen LogP contribution is 2.32. The molecular formula is C12H21NO4. The van der Waals surface area contributed by atoms with E-state index in [2.05, 4.69) is 5.32 Å². The maximum Gasteiger partial charge on any atom is 0.307 e. The number of hydrogen-bond donors (Lipinski definition) is 3. The molecule has 1 aliphatic rings. The van der Waals surface area contributed by atoms with Gasteiger partial charge < -0.3 is 15.5 Å². The van der Waals surface area contributed by atoms with Crippen molar-refractivity contribution in [1.82, 2.24) is 5.32 Å². The molecule has 5 heteroatoms. The zero-order valence-electron chi connectivity index (χ0n) is 10.4. The van der Waals surface area contributed by atoms with Crippen molar-refractivity contribution in [2.24, 2.45) is 11.8 Å². The fraction of sp³-hybridized carbons (Fsp3) is 0.833. The summed E-state index contributed by atoms with van der Waals surface area (Å²) in [5, 5.41) is 21.4. The van der Waals surface area contributed by atoms with Gasteiger partial charge in [-0.2, -0.15) is 0 Å². The van der Waals surface area contributed by atoms with E-state index in [4.69, 9.17) is 5.11 Å². The molecule has 5 nitrogen and oxygen atoms in total. The molecule has 1 aliphatic carbocycles. The van der Waals surface area contributed by atoms with Gasteiger partial charge in [0.1, 0.15) is 0 Å². The zero-order valence-corrected chi connectivity index (χ0v) is 10.4. The van der Waals surface area contributed by atoms with Crippen LogP contribution >= 0.6 is 0 Å². The number of amides is 1. The molecule has 0 saturated heterocycles. The Kier molecular flexibility index (Phi) is 4.51. The number of aliphatic carboxylic acids is 1. The van der Waals surface area contributed by atoms with Crippen molar-refractivity contribution >= 4 is 11.9 Å². The molecule has 0 spiro atoms. The van der Waals surface area contributed by atoms with E-state index in [-0.39, 0.29) is 12.5 Å². The molecule has 1 saturated carbocycles. The average Bonchev–Trinajstić information content (AvgIpc) is 2.75. The summed E-state index contributed by atoms with van der Waals surface area (Å²) in [6.45, 7) is 3.66. The van der Waals surface area contributed by atoms with Crippen LogP contribution in [0.25, 0.3) is 0 Å². The molecule has 98 valence electrons. The third-order valence-electron chi connectivity index (χ3n) is 3.58. The molecule has 0 aromatic rings. The summed E-state index contributed by atoms with van der Waals surface area (Å²) in [6.07, 6.45) is 2.51. The van der Waals surface area contributed by atoms with Crippen LogP contribution in [-0.2, 0) is 9.59 Å². The summed E-state index contributed by atoms with van der Waals surface area (Å²) in [7, 11) is 0. The first kappa shape index (κ1) is 14.0. The van der Waals surface area contributed by atoms with Gasteiger partial charge in [-0.1, -0.05) is 13.3 Å². The van der Waals surface area contributed by atoms with Crippen LogP contribution in [0, 0.1) is 11.8 Å². The second-order valence-corrected chi connectivity index (χ2v) is 5.05. The summed E-state index contributed by atoms with van der Waals surface area (Å²) in [6, 6.07) is 0. The second kappa shape index (κ2) is 5.49. The Bertz CT molecular complexity index is 301. The lowest BCUT2D eigenvalue weighted by Crippen LogP contribution is -2.43. The number of aliphatic hydroxyl groups is 1. The van der Waals surface area contributed by atoms with Crippen molar-refractivity contribution < 1.29 is 19.8 Å². The van der Waals surface area contributed by atoms with Crippen LogP contribution in [0.15, 0.2) is 0 Å². The lowest BCUT2D eigenvalue weighted by atomic mass is 9.95. The first-order valence-corrected chi connectivity index (χ1v) is 6.10. The van der Waals surface area contributed by atoms with Gasteiger partial charge in [0, 0.05) is 6.54 Å². The topological polar surface area (TPSA) is 86.6 Å². The van der Waals surface area contributed by atoms with Gasteiger partial charge >= 0.3 is 5.97 Å². The van der Waals surface area contributed by atoms with Gasteiger partial charge in [0.15, 0.2) is 0 Å². The first-order valence-electron chi connectivity index (χ1n) is 6.10. The van der Waals surface area contributed by atoms with E-state index in [0.717, 1.165) is 6.42 Å². The highest BCUT2D eigenvalue weighted by atomic mass is 16.4. The molecule has 0 aromatic carbocycles. The van der Waals surface area contributed by atoms with E-state index in [1.54, 1.807) is 6.92 Å². The standard InChI is InChI=1S/C12H21NO4/c1-3-12(2,17)7-13-10(14)8-5-4-6-9(8)11(15)16/h8-9,17H,3-7H2,1-2H3,(H,13,14)(H,15,16). The van der Waals surface area contributed by atoms with Crippen molar-refractivity contribution in [2.45, 2.75) is 45.1 Å². The van der Waals surface area contributed by atoms with Gasteiger partial charge in [0.25, 0.3) is 0 Å². The molecule has 1 fully saturated rings. The molecule has 0 heterocycles. The molecule has 17 heavy (non-hydrogen) atoms. The van der Waals surface area contributed by atoms with E-state index in [0.29, 0.717) is 19.3 Å². The number of carbonyl (C=O) groups is 2. The summed E-state index contributed by atoms with van der Waals surface area (Å²) >= 11 is 0. The SMILES string of the molecule is CCC(C)(O)CNC(=O)C1CCCC1C(=O)O.